The molecule has 0 unspecified atom stereocenters. The van der Waals surface area contributed by atoms with E-state index in [1.165, 1.54) is 72.1 Å². The highest BCUT2D eigenvalue weighted by atomic mass is 16.3. The van der Waals surface area contributed by atoms with Crippen LogP contribution >= 0.6 is 0 Å². The molecule has 0 amide bonds. The minimum Gasteiger partial charge on any atom is -0.468 e. The second-order valence-corrected chi connectivity index (χ2v) is 22.0. The third-order valence-electron chi connectivity index (χ3n) is 13.4. The highest BCUT2D eigenvalue weighted by Crippen LogP contribution is 2.50. The van der Waals surface area contributed by atoms with E-state index < -0.39 is 0 Å². The van der Waals surface area contributed by atoms with Crippen LogP contribution in [-0.2, 0) is 21.7 Å². The average Bonchev–Trinajstić information content (AvgIpc) is 3.60. The SMILES string of the molecule is CC(C)(C)c1ccc(N2c3cc(-c4ccc5ccccc5c4)cc4c3B(c3ccc(C(C)(C)C)cc3N4c3cccc(C(C)(C)C)c3)c3oc4ccc(C(C)(C)C)cc4c32)cc1. The van der Waals surface area contributed by atoms with Crippen LogP contribution in [0.3, 0.4) is 0 Å². The van der Waals surface area contributed by atoms with Crippen LogP contribution in [0.5, 0.6) is 0 Å². The molecule has 2 aliphatic heterocycles. The molecule has 3 heterocycles. The van der Waals surface area contributed by atoms with E-state index in [2.05, 4.69) is 232 Å². The molecule has 310 valence electrons. The minimum absolute atomic E-state index is 0.0213. The van der Waals surface area contributed by atoms with Gasteiger partial charge in [-0.1, -0.05) is 162 Å². The quantitative estimate of drug-likeness (QED) is 0.166. The standard InChI is InChI=1S/C58H59BN2O/c1-55(2,3)40-22-26-44(27-23-40)61-50-32-39(38-21-20-36-16-13-14-17-37(36)30-38)31-49-52(50)59(54-53(61)46-34-42(57(7,8)9)25-29-51(46)62-54)47-28-24-43(58(10,11)12)35-48(47)60(49)45-19-15-18-41(33-45)56(4,5)6/h13-35H,1-12H3. The maximum atomic E-state index is 7.30. The zero-order chi connectivity index (χ0) is 43.7. The molecule has 0 bridgehead atoms. The summed E-state index contributed by atoms with van der Waals surface area (Å²) in [6, 6.07) is 53.1. The topological polar surface area (TPSA) is 19.6 Å². The predicted molar refractivity (Wildman–Crippen MR) is 268 cm³/mol. The molecule has 0 saturated heterocycles. The van der Waals surface area contributed by atoms with Crippen molar-refractivity contribution in [2.24, 2.45) is 0 Å². The van der Waals surface area contributed by atoms with E-state index >= 15 is 0 Å². The number of benzene rings is 7. The molecule has 8 aromatic rings. The van der Waals surface area contributed by atoms with Gasteiger partial charge in [-0.3, -0.25) is 0 Å². The summed E-state index contributed by atoms with van der Waals surface area (Å²) in [5.74, 6) is 0. The Bertz CT molecular complexity index is 3070. The highest BCUT2D eigenvalue weighted by Gasteiger charge is 2.47. The monoisotopic (exact) mass is 810 g/mol. The molecule has 7 aromatic carbocycles. The van der Waals surface area contributed by atoms with Crippen LogP contribution in [0.15, 0.2) is 144 Å². The van der Waals surface area contributed by atoms with Crippen LogP contribution in [0.1, 0.15) is 105 Å². The van der Waals surface area contributed by atoms with Crippen molar-refractivity contribution in [1.29, 1.82) is 0 Å². The van der Waals surface area contributed by atoms with Crippen LogP contribution < -0.4 is 26.4 Å². The predicted octanol–water partition coefficient (Wildman–Crippen LogP) is 14.5. The van der Waals surface area contributed by atoms with Crippen molar-refractivity contribution in [3.63, 3.8) is 0 Å². The third-order valence-corrected chi connectivity index (χ3v) is 13.4. The Morgan fingerprint density at radius 2 is 1.02 bits per heavy atom. The van der Waals surface area contributed by atoms with Crippen molar-refractivity contribution in [3.8, 4) is 11.1 Å². The van der Waals surface area contributed by atoms with Crippen molar-refractivity contribution in [2.75, 3.05) is 9.80 Å². The Hall–Kier alpha value is -6.00. The van der Waals surface area contributed by atoms with E-state index in [1.807, 2.05) is 0 Å². The molecule has 4 heteroatoms. The molecule has 0 spiro atoms. The summed E-state index contributed by atoms with van der Waals surface area (Å²) >= 11 is 0. The summed E-state index contributed by atoms with van der Waals surface area (Å²) in [7, 11) is 0. The van der Waals surface area contributed by atoms with Crippen molar-refractivity contribution in [2.45, 2.75) is 105 Å². The van der Waals surface area contributed by atoms with Crippen LogP contribution in [0.25, 0.3) is 32.9 Å². The Labute approximate surface area is 369 Å². The van der Waals surface area contributed by atoms with Gasteiger partial charge in [-0.2, -0.15) is 0 Å². The average molecular weight is 811 g/mol. The number of furan rings is 1. The number of anilines is 6. The Morgan fingerprint density at radius 1 is 0.419 bits per heavy atom. The van der Waals surface area contributed by atoms with Crippen molar-refractivity contribution in [3.05, 3.63) is 162 Å². The van der Waals surface area contributed by atoms with Gasteiger partial charge in [0.2, 0.25) is 0 Å². The summed E-state index contributed by atoms with van der Waals surface area (Å²) in [6.45, 7) is 27.5. The molecule has 2 aliphatic rings. The van der Waals surface area contributed by atoms with E-state index in [0.717, 1.165) is 33.7 Å². The summed E-state index contributed by atoms with van der Waals surface area (Å²) in [5.41, 5.74) is 18.9. The molecule has 0 N–H and O–H groups in total. The van der Waals surface area contributed by atoms with Crippen LogP contribution in [-0.4, -0.2) is 6.71 Å². The number of hydrogen-bond donors (Lipinski definition) is 0. The van der Waals surface area contributed by atoms with Gasteiger partial charge in [-0.15, -0.1) is 0 Å². The van der Waals surface area contributed by atoms with Crippen LogP contribution in [0.2, 0.25) is 0 Å². The van der Waals surface area contributed by atoms with Crippen LogP contribution in [0, 0.1) is 0 Å². The fourth-order valence-electron chi connectivity index (χ4n) is 9.72. The second kappa shape index (κ2) is 13.8. The molecule has 10 rings (SSSR count). The lowest BCUT2D eigenvalue weighted by molar-refractivity contribution is 0.590. The Morgan fingerprint density at radius 3 is 1.69 bits per heavy atom. The first-order valence-electron chi connectivity index (χ1n) is 22.5. The van der Waals surface area contributed by atoms with Crippen molar-refractivity contribution >= 4 is 79.2 Å². The molecular formula is C58H59BN2O. The summed E-state index contributed by atoms with van der Waals surface area (Å²) in [5, 5.41) is 3.62. The molecule has 0 saturated carbocycles. The van der Waals surface area contributed by atoms with Gasteiger partial charge >= 0.3 is 0 Å². The summed E-state index contributed by atoms with van der Waals surface area (Å²) < 4.78 is 7.30. The van der Waals surface area contributed by atoms with Crippen LogP contribution in [0.4, 0.5) is 34.1 Å². The van der Waals surface area contributed by atoms with Gasteiger partial charge in [0.1, 0.15) is 5.58 Å². The van der Waals surface area contributed by atoms with Gasteiger partial charge in [-0.25, -0.2) is 0 Å². The first-order valence-corrected chi connectivity index (χ1v) is 22.5. The maximum Gasteiger partial charge on any atom is 0.297 e. The zero-order valence-electron chi connectivity index (χ0n) is 38.7. The first-order chi connectivity index (χ1) is 29.3. The van der Waals surface area contributed by atoms with Gasteiger partial charge in [0.05, 0.1) is 11.3 Å². The summed E-state index contributed by atoms with van der Waals surface area (Å²) in [6.07, 6.45) is 0. The number of nitrogens with zero attached hydrogens (tertiary/aromatic N) is 2. The molecule has 0 atom stereocenters. The fourth-order valence-corrected chi connectivity index (χ4v) is 9.72. The van der Waals surface area contributed by atoms with Gasteiger partial charge in [0.15, 0.2) is 0 Å². The Balaban J connectivity index is 1.36. The number of rotatable bonds is 3. The molecule has 3 nitrogen and oxygen atoms in total. The number of hydrogen-bond acceptors (Lipinski definition) is 3. The highest BCUT2D eigenvalue weighted by molar-refractivity contribution is 7.00. The maximum absolute atomic E-state index is 7.30. The smallest absolute Gasteiger partial charge is 0.297 e. The first kappa shape index (κ1) is 40.1. The molecular weight excluding hydrogens is 751 g/mol. The zero-order valence-corrected chi connectivity index (χ0v) is 38.7. The normalized spacial score (nSPS) is 14.0. The second-order valence-electron chi connectivity index (χ2n) is 22.0. The Kier molecular flexibility index (Phi) is 8.89. The van der Waals surface area contributed by atoms with E-state index in [0.29, 0.717) is 0 Å². The van der Waals surface area contributed by atoms with Gasteiger partial charge in [-0.05, 0) is 137 Å². The van der Waals surface area contributed by atoms with Gasteiger partial charge < -0.3 is 14.2 Å². The van der Waals surface area contributed by atoms with Crippen molar-refractivity contribution in [1.82, 2.24) is 0 Å². The molecule has 62 heavy (non-hydrogen) atoms. The van der Waals surface area contributed by atoms with E-state index in [4.69, 9.17) is 4.42 Å². The number of fused-ring (bicyclic) bond motifs is 7. The van der Waals surface area contributed by atoms with E-state index in [-0.39, 0.29) is 28.4 Å². The summed E-state index contributed by atoms with van der Waals surface area (Å²) in [4.78, 5) is 5.09. The molecule has 0 radical (unpaired) electrons. The van der Waals surface area contributed by atoms with Crippen molar-refractivity contribution < 1.29 is 4.42 Å². The lowest BCUT2D eigenvalue weighted by Gasteiger charge is -2.43. The van der Waals surface area contributed by atoms with E-state index in [1.54, 1.807) is 0 Å². The fraction of sp³-hybridized carbons (Fsp3) is 0.276. The third kappa shape index (κ3) is 6.57. The van der Waals surface area contributed by atoms with Gasteiger partial charge in [0.25, 0.3) is 6.71 Å². The minimum atomic E-state index is -0.137. The largest absolute Gasteiger partial charge is 0.468 e. The van der Waals surface area contributed by atoms with E-state index in [9.17, 15) is 0 Å². The lowest BCUT2D eigenvalue weighted by Crippen LogP contribution is -2.61. The molecule has 1 aromatic heterocycles. The van der Waals surface area contributed by atoms with Gasteiger partial charge in [0, 0.05) is 33.8 Å². The molecule has 0 aliphatic carbocycles. The molecule has 0 fully saturated rings. The lowest BCUT2D eigenvalue weighted by atomic mass is 9.35.